The topological polar surface area (TPSA) is 18.5 Å². The van der Waals surface area contributed by atoms with Crippen molar-refractivity contribution in [3.8, 4) is 0 Å². The second-order valence-electron chi connectivity index (χ2n) is 5.26. The van der Waals surface area contributed by atoms with E-state index in [4.69, 9.17) is 9.47 Å². The average molecular weight is 258 g/mol. The summed E-state index contributed by atoms with van der Waals surface area (Å²) in [5.74, 6) is 0.198. The molecular weight excluding hydrogens is 236 g/mol. The molecule has 1 saturated heterocycles. The van der Waals surface area contributed by atoms with Gasteiger partial charge in [0, 0.05) is 13.0 Å². The fraction of sp³-hybridized carbons (Fsp3) is 0.412. The van der Waals surface area contributed by atoms with Crippen LogP contribution in [-0.2, 0) is 9.47 Å². The quantitative estimate of drug-likeness (QED) is 0.745. The van der Waals surface area contributed by atoms with Gasteiger partial charge >= 0.3 is 0 Å². The standard InChI is InChI=1S/C17H22O2/c1-12(2)10-15-16(13(3)11-19-15)17(18-4)14-8-6-5-7-9-14/h5-9,15-17H,1,3,10-11H2,2,4H3/t15-,16+,17-/m1/s1. The van der Waals surface area contributed by atoms with Crippen LogP contribution in [0.15, 0.2) is 54.6 Å². The van der Waals surface area contributed by atoms with Crippen LogP contribution in [0.1, 0.15) is 25.0 Å². The summed E-state index contributed by atoms with van der Waals surface area (Å²) in [6, 6.07) is 10.3. The molecule has 0 N–H and O–H groups in total. The highest BCUT2D eigenvalue weighted by atomic mass is 16.5. The second kappa shape index (κ2) is 6.18. The first-order valence-electron chi connectivity index (χ1n) is 6.65. The van der Waals surface area contributed by atoms with Crippen LogP contribution in [0.3, 0.4) is 0 Å². The Morgan fingerprint density at radius 3 is 2.68 bits per heavy atom. The third-order valence-corrected chi connectivity index (χ3v) is 3.61. The molecule has 1 aromatic carbocycles. The van der Waals surface area contributed by atoms with Gasteiger partial charge in [-0.05, 0) is 24.5 Å². The molecule has 1 aliphatic heterocycles. The molecule has 1 aromatic rings. The van der Waals surface area contributed by atoms with E-state index in [1.54, 1.807) is 7.11 Å². The molecule has 1 heterocycles. The van der Waals surface area contributed by atoms with E-state index < -0.39 is 0 Å². The fourth-order valence-corrected chi connectivity index (χ4v) is 2.75. The first kappa shape index (κ1) is 14.0. The summed E-state index contributed by atoms with van der Waals surface area (Å²) in [4.78, 5) is 0. The van der Waals surface area contributed by atoms with Gasteiger partial charge in [0.25, 0.3) is 0 Å². The van der Waals surface area contributed by atoms with Crippen molar-refractivity contribution in [2.24, 2.45) is 5.92 Å². The maximum Gasteiger partial charge on any atom is 0.0912 e. The summed E-state index contributed by atoms with van der Waals surface area (Å²) in [6.45, 7) is 10.8. The van der Waals surface area contributed by atoms with Crippen LogP contribution in [0.2, 0.25) is 0 Å². The number of hydrogen-bond donors (Lipinski definition) is 0. The van der Waals surface area contributed by atoms with Gasteiger partial charge in [0.2, 0.25) is 0 Å². The van der Waals surface area contributed by atoms with Gasteiger partial charge in [0.15, 0.2) is 0 Å². The van der Waals surface area contributed by atoms with E-state index in [-0.39, 0.29) is 18.1 Å². The molecule has 0 spiro atoms. The summed E-state index contributed by atoms with van der Waals surface area (Å²) in [6.07, 6.45) is 0.979. The molecule has 102 valence electrons. The number of methoxy groups -OCH3 is 1. The summed E-state index contributed by atoms with van der Waals surface area (Å²) >= 11 is 0. The third-order valence-electron chi connectivity index (χ3n) is 3.61. The zero-order valence-corrected chi connectivity index (χ0v) is 11.8. The van der Waals surface area contributed by atoms with Crippen molar-refractivity contribution >= 4 is 0 Å². The number of rotatable bonds is 5. The summed E-state index contributed by atoms with van der Waals surface area (Å²) in [5.41, 5.74) is 3.42. The van der Waals surface area contributed by atoms with E-state index in [9.17, 15) is 0 Å². The van der Waals surface area contributed by atoms with E-state index in [0.717, 1.165) is 17.6 Å². The van der Waals surface area contributed by atoms with Gasteiger partial charge in [-0.1, -0.05) is 42.5 Å². The van der Waals surface area contributed by atoms with Crippen molar-refractivity contribution in [2.45, 2.75) is 25.6 Å². The molecule has 0 unspecified atom stereocenters. The van der Waals surface area contributed by atoms with Crippen molar-refractivity contribution in [3.63, 3.8) is 0 Å². The molecule has 2 nitrogen and oxygen atoms in total. The minimum absolute atomic E-state index is 0.000509. The highest BCUT2D eigenvalue weighted by Crippen LogP contribution is 2.40. The fourth-order valence-electron chi connectivity index (χ4n) is 2.75. The van der Waals surface area contributed by atoms with E-state index in [0.29, 0.717) is 6.61 Å². The van der Waals surface area contributed by atoms with Crippen molar-refractivity contribution in [3.05, 3.63) is 60.2 Å². The Hall–Kier alpha value is -1.38. The molecular formula is C17H22O2. The van der Waals surface area contributed by atoms with Gasteiger partial charge in [-0.3, -0.25) is 0 Å². The maximum atomic E-state index is 5.85. The van der Waals surface area contributed by atoms with Crippen LogP contribution in [0.25, 0.3) is 0 Å². The average Bonchev–Trinajstić information content (AvgIpc) is 2.73. The predicted molar refractivity (Wildman–Crippen MR) is 78.0 cm³/mol. The Kier molecular flexibility index (Phi) is 4.56. The zero-order chi connectivity index (χ0) is 13.8. The van der Waals surface area contributed by atoms with Crippen LogP contribution in [0.4, 0.5) is 0 Å². The Bertz CT molecular complexity index is 450. The summed E-state index contributed by atoms with van der Waals surface area (Å²) in [7, 11) is 1.75. The van der Waals surface area contributed by atoms with Crippen LogP contribution in [0.5, 0.6) is 0 Å². The van der Waals surface area contributed by atoms with Gasteiger partial charge < -0.3 is 9.47 Å². The normalized spacial score (nSPS) is 24.4. The minimum Gasteiger partial charge on any atom is -0.376 e. The molecule has 1 aliphatic rings. The number of hydrogen-bond acceptors (Lipinski definition) is 2. The van der Waals surface area contributed by atoms with Crippen molar-refractivity contribution in [2.75, 3.05) is 13.7 Å². The van der Waals surface area contributed by atoms with E-state index in [1.807, 2.05) is 25.1 Å². The highest BCUT2D eigenvalue weighted by Gasteiger charge is 2.38. The molecule has 0 bridgehead atoms. The Balaban J connectivity index is 2.24. The van der Waals surface area contributed by atoms with Gasteiger partial charge in [-0.2, -0.15) is 0 Å². The third kappa shape index (κ3) is 3.14. The molecule has 0 radical (unpaired) electrons. The molecule has 0 saturated carbocycles. The van der Waals surface area contributed by atoms with Crippen molar-refractivity contribution < 1.29 is 9.47 Å². The number of benzene rings is 1. The van der Waals surface area contributed by atoms with E-state index in [2.05, 4.69) is 25.3 Å². The lowest BCUT2D eigenvalue weighted by molar-refractivity contribution is 0.0100. The molecule has 0 aliphatic carbocycles. The summed E-state index contributed by atoms with van der Waals surface area (Å²) in [5, 5.41) is 0. The highest BCUT2D eigenvalue weighted by molar-refractivity contribution is 5.24. The zero-order valence-electron chi connectivity index (χ0n) is 11.8. The van der Waals surface area contributed by atoms with Crippen LogP contribution >= 0.6 is 0 Å². The molecule has 0 aromatic heterocycles. The number of ether oxygens (including phenoxy) is 2. The molecule has 19 heavy (non-hydrogen) atoms. The molecule has 2 heteroatoms. The van der Waals surface area contributed by atoms with E-state index in [1.165, 1.54) is 5.56 Å². The monoisotopic (exact) mass is 258 g/mol. The molecule has 2 rings (SSSR count). The lowest BCUT2D eigenvalue weighted by atomic mass is 9.85. The molecule has 3 atom stereocenters. The summed E-state index contributed by atoms with van der Waals surface area (Å²) < 4.78 is 11.6. The largest absolute Gasteiger partial charge is 0.376 e. The maximum absolute atomic E-state index is 5.85. The van der Waals surface area contributed by atoms with Crippen LogP contribution < -0.4 is 0 Å². The smallest absolute Gasteiger partial charge is 0.0912 e. The van der Waals surface area contributed by atoms with Gasteiger partial charge in [-0.25, -0.2) is 0 Å². The van der Waals surface area contributed by atoms with Crippen molar-refractivity contribution in [1.82, 2.24) is 0 Å². The van der Waals surface area contributed by atoms with Gasteiger partial charge in [-0.15, -0.1) is 6.58 Å². The lowest BCUT2D eigenvalue weighted by Crippen LogP contribution is -2.25. The SMILES string of the molecule is C=C(C)C[C@H]1OCC(=C)[C@@H]1[C@H](OC)c1ccccc1. The Morgan fingerprint density at radius 1 is 1.42 bits per heavy atom. The lowest BCUT2D eigenvalue weighted by Gasteiger charge is -2.27. The Morgan fingerprint density at radius 2 is 2.11 bits per heavy atom. The predicted octanol–water partition coefficient (Wildman–Crippen LogP) is 3.91. The Labute approximate surface area is 115 Å². The first-order chi connectivity index (χ1) is 9.13. The second-order valence-corrected chi connectivity index (χ2v) is 5.26. The van der Waals surface area contributed by atoms with E-state index >= 15 is 0 Å². The van der Waals surface area contributed by atoms with Crippen LogP contribution in [-0.4, -0.2) is 19.8 Å². The van der Waals surface area contributed by atoms with Gasteiger partial charge in [0.1, 0.15) is 0 Å². The molecule has 1 fully saturated rings. The first-order valence-corrected chi connectivity index (χ1v) is 6.65. The minimum atomic E-state index is 0.000509. The molecule has 0 amide bonds. The van der Waals surface area contributed by atoms with Crippen LogP contribution in [0, 0.1) is 5.92 Å². The van der Waals surface area contributed by atoms with Gasteiger partial charge in [0.05, 0.1) is 18.8 Å². The van der Waals surface area contributed by atoms with Crippen molar-refractivity contribution in [1.29, 1.82) is 0 Å².